The van der Waals surface area contributed by atoms with Crippen LogP contribution in [0.1, 0.15) is 33.8 Å². The summed E-state index contributed by atoms with van der Waals surface area (Å²) in [7, 11) is 0. The Balaban J connectivity index is 1.92. The standard InChI is InChI=1S/C20H14F2O3/c21-14-9-8-12(18(22)11-14)4-3-5-13-10-17(20(24)25)15-6-1-2-7-16(15)19(13)23/h1-9,11,17H,10H2,(H,24,25)/b4-3+,13-5-. The number of aliphatic carboxylic acids is 1. The van der Waals surface area contributed by atoms with E-state index < -0.39 is 23.5 Å². The monoisotopic (exact) mass is 340 g/mol. The average Bonchev–Trinajstić information content (AvgIpc) is 2.58. The Kier molecular flexibility index (Phi) is 4.57. The second-order valence-corrected chi connectivity index (χ2v) is 5.73. The number of ketones is 1. The minimum atomic E-state index is -1.00. The molecule has 0 saturated heterocycles. The molecule has 0 heterocycles. The Morgan fingerprint density at radius 3 is 2.64 bits per heavy atom. The van der Waals surface area contributed by atoms with Crippen molar-refractivity contribution in [1.29, 1.82) is 0 Å². The van der Waals surface area contributed by atoms with Crippen molar-refractivity contribution in [3.05, 3.63) is 88.5 Å². The second kappa shape index (κ2) is 6.81. The molecule has 1 aliphatic carbocycles. The van der Waals surface area contributed by atoms with Crippen LogP contribution in [0.15, 0.2) is 60.2 Å². The van der Waals surface area contributed by atoms with Gasteiger partial charge in [-0.25, -0.2) is 8.78 Å². The van der Waals surface area contributed by atoms with Crippen molar-refractivity contribution in [3.63, 3.8) is 0 Å². The van der Waals surface area contributed by atoms with E-state index in [1.54, 1.807) is 24.3 Å². The van der Waals surface area contributed by atoms with E-state index in [1.165, 1.54) is 24.3 Å². The van der Waals surface area contributed by atoms with Crippen LogP contribution in [0.5, 0.6) is 0 Å². The maximum Gasteiger partial charge on any atom is 0.311 e. The zero-order valence-electron chi connectivity index (χ0n) is 13.1. The third-order valence-electron chi connectivity index (χ3n) is 4.13. The zero-order chi connectivity index (χ0) is 18.0. The maximum atomic E-state index is 13.6. The maximum absolute atomic E-state index is 13.6. The van der Waals surface area contributed by atoms with Crippen molar-refractivity contribution in [1.82, 2.24) is 0 Å². The van der Waals surface area contributed by atoms with Crippen molar-refractivity contribution in [2.75, 3.05) is 0 Å². The lowest BCUT2D eigenvalue weighted by molar-refractivity contribution is -0.138. The summed E-state index contributed by atoms with van der Waals surface area (Å²) in [6, 6.07) is 9.83. The molecule has 3 rings (SSSR count). The van der Waals surface area contributed by atoms with Gasteiger partial charge in [0.15, 0.2) is 5.78 Å². The molecule has 0 saturated carbocycles. The highest BCUT2D eigenvalue weighted by atomic mass is 19.1. The lowest BCUT2D eigenvalue weighted by Crippen LogP contribution is -2.23. The summed E-state index contributed by atoms with van der Waals surface area (Å²) in [6.45, 7) is 0. The molecule has 0 spiro atoms. The molecule has 1 atom stereocenters. The van der Waals surface area contributed by atoms with E-state index in [2.05, 4.69) is 0 Å². The van der Waals surface area contributed by atoms with Gasteiger partial charge in [0.25, 0.3) is 0 Å². The van der Waals surface area contributed by atoms with Gasteiger partial charge in [-0.2, -0.15) is 0 Å². The smallest absolute Gasteiger partial charge is 0.311 e. The molecule has 126 valence electrons. The molecule has 0 aromatic heterocycles. The highest BCUT2D eigenvalue weighted by Gasteiger charge is 2.32. The number of Topliss-reactive ketones (excluding diaryl/α,β-unsaturated/α-hetero) is 1. The first-order chi connectivity index (χ1) is 12.0. The predicted octanol–water partition coefficient (Wildman–Crippen LogP) is 4.36. The molecular weight excluding hydrogens is 326 g/mol. The molecule has 2 aromatic carbocycles. The van der Waals surface area contributed by atoms with Crippen molar-refractivity contribution in [2.45, 2.75) is 12.3 Å². The largest absolute Gasteiger partial charge is 0.481 e. The SMILES string of the molecule is O=C1/C(=C\C=C\c2ccc(F)cc2F)CC(C(=O)O)c2ccccc21. The van der Waals surface area contributed by atoms with Crippen LogP contribution in [0.2, 0.25) is 0 Å². The number of carboxylic acids is 1. The Hall–Kier alpha value is -3.08. The van der Waals surface area contributed by atoms with Crippen LogP contribution >= 0.6 is 0 Å². The topological polar surface area (TPSA) is 54.4 Å². The summed E-state index contributed by atoms with van der Waals surface area (Å²) in [5, 5.41) is 9.41. The Bertz CT molecular complexity index is 913. The molecule has 5 heteroatoms. The summed E-state index contributed by atoms with van der Waals surface area (Å²) in [5.74, 6) is -3.41. The molecule has 1 aliphatic rings. The molecule has 25 heavy (non-hydrogen) atoms. The number of carboxylic acid groups (broad SMARTS) is 1. The summed E-state index contributed by atoms with van der Waals surface area (Å²) in [6.07, 6.45) is 4.43. The fourth-order valence-corrected chi connectivity index (χ4v) is 2.87. The highest BCUT2D eigenvalue weighted by Crippen LogP contribution is 2.34. The van der Waals surface area contributed by atoms with E-state index in [-0.39, 0.29) is 17.8 Å². The van der Waals surface area contributed by atoms with E-state index >= 15 is 0 Å². The first-order valence-corrected chi connectivity index (χ1v) is 7.66. The number of rotatable bonds is 3. The van der Waals surface area contributed by atoms with Crippen molar-refractivity contribution < 1.29 is 23.5 Å². The Morgan fingerprint density at radius 2 is 1.92 bits per heavy atom. The Labute approximate surface area is 142 Å². The number of carbonyl (C=O) groups excluding carboxylic acids is 1. The van der Waals surface area contributed by atoms with E-state index in [4.69, 9.17) is 0 Å². The number of halogens is 2. The number of benzene rings is 2. The highest BCUT2D eigenvalue weighted by molar-refractivity contribution is 6.12. The van der Waals surface area contributed by atoms with Crippen LogP contribution in [0.4, 0.5) is 8.78 Å². The summed E-state index contributed by atoms with van der Waals surface area (Å²) >= 11 is 0. The fraction of sp³-hybridized carbons (Fsp3) is 0.100. The van der Waals surface area contributed by atoms with Gasteiger partial charge in [0, 0.05) is 22.8 Å². The van der Waals surface area contributed by atoms with Crippen molar-refractivity contribution in [2.24, 2.45) is 0 Å². The van der Waals surface area contributed by atoms with Crippen LogP contribution in [0, 0.1) is 11.6 Å². The zero-order valence-corrected chi connectivity index (χ0v) is 13.1. The Morgan fingerprint density at radius 1 is 1.16 bits per heavy atom. The van der Waals surface area contributed by atoms with Gasteiger partial charge in [-0.3, -0.25) is 9.59 Å². The van der Waals surface area contributed by atoms with Gasteiger partial charge in [0.05, 0.1) is 5.92 Å². The number of fused-ring (bicyclic) bond motifs is 1. The molecule has 0 aliphatic heterocycles. The van der Waals surface area contributed by atoms with Gasteiger partial charge in [0.2, 0.25) is 0 Å². The number of hydrogen-bond acceptors (Lipinski definition) is 2. The number of hydrogen-bond donors (Lipinski definition) is 1. The average molecular weight is 340 g/mol. The summed E-state index contributed by atoms with van der Waals surface area (Å²) in [4.78, 5) is 24.0. The van der Waals surface area contributed by atoms with Gasteiger partial charge in [-0.05, 0) is 24.1 Å². The normalized spacial score (nSPS) is 18.6. The van der Waals surface area contributed by atoms with Crippen molar-refractivity contribution >= 4 is 17.8 Å². The quantitative estimate of drug-likeness (QED) is 0.845. The third kappa shape index (κ3) is 3.40. The minimum absolute atomic E-state index is 0.0709. The van der Waals surface area contributed by atoms with Crippen LogP contribution in [-0.4, -0.2) is 16.9 Å². The second-order valence-electron chi connectivity index (χ2n) is 5.73. The van der Waals surface area contributed by atoms with Crippen LogP contribution in [0.3, 0.4) is 0 Å². The molecule has 0 bridgehead atoms. The number of carbonyl (C=O) groups is 2. The van der Waals surface area contributed by atoms with Crippen molar-refractivity contribution in [3.8, 4) is 0 Å². The molecule has 1 N–H and O–H groups in total. The molecule has 0 amide bonds. The third-order valence-corrected chi connectivity index (χ3v) is 4.13. The summed E-state index contributed by atoms with van der Waals surface area (Å²) < 4.78 is 26.5. The van der Waals surface area contributed by atoms with Gasteiger partial charge in [-0.1, -0.05) is 42.5 Å². The van der Waals surface area contributed by atoms with E-state index in [0.29, 0.717) is 16.7 Å². The fourth-order valence-electron chi connectivity index (χ4n) is 2.87. The van der Waals surface area contributed by atoms with Crippen LogP contribution in [-0.2, 0) is 4.79 Å². The van der Waals surface area contributed by atoms with Gasteiger partial charge in [-0.15, -0.1) is 0 Å². The first kappa shape index (κ1) is 16.8. The van der Waals surface area contributed by atoms with E-state index in [1.807, 2.05) is 0 Å². The van der Waals surface area contributed by atoms with E-state index in [0.717, 1.165) is 12.1 Å². The minimum Gasteiger partial charge on any atom is -0.481 e. The molecule has 3 nitrogen and oxygen atoms in total. The lowest BCUT2D eigenvalue weighted by Gasteiger charge is -2.23. The lowest BCUT2D eigenvalue weighted by atomic mass is 9.79. The van der Waals surface area contributed by atoms with Crippen LogP contribution < -0.4 is 0 Å². The molecule has 1 unspecified atom stereocenters. The van der Waals surface area contributed by atoms with Gasteiger partial charge < -0.3 is 5.11 Å². The molecule has 2 aromatic rings. The molecular formula is C20H14F2O3. The predicted molar refractivity (Wildman–Crippen MR) is 89.2 cm³/mol. The summed E-state index contributed by atoms with van der Waals surface area (Å²) in [5.41, 5.74) is 1.39. The first-order valence-electron chi connectivity index (χ1n) is 7.66. The van der Waals surface area contributed by atoms with Crippen LogP contribution in [0.25, 0.3) is 6.08 Å². The number of allylic oxidation sites excluding steroid dienone is 3. The molecule has 0 radical (unpaired) electrons. The van der Waals surface area contributed by atoms with Gasteiger partial charge in [0.1, 0.15) is 11.6 Å². The van der Waals surface area contributed by atoms with E-state index in [9.17, 15) is 23.5 Å². The molecule has 0 fully saturated rings. The van der Waals surface area contributed by atoms with Gasteiger partial charge >= 0.3 is 5.97 Å².